The Balaban J connectivity index is 2.13. The Bertz CT molecular complexity index is 704. The van der Waals surface area contributed by atoms with E-state index >= 15 is 0 Å². The standard InChI is InChI=1S/C11H13BrClNO4S2/c12-10-7-8(1-2-11(10)13)14-20(17,18)9-3-5-19(15,16)6-4-9/h1-2,7,9,14H,3-6H2. The van der Waals surface area contributed by atoms with Crippen molar-refractivity contribution in [2.24, 2.45) is 0 Å². The van der Waals surface area contributed by atoms with Crippen LogP contribution in [0.2, 0.25) is 5.02 Å². The Hall–Kier alpha value is -0.310. The number of benzene rings is 1. The van der Waals surface area contributed by atoms with Gasteiger partial charge in [0.15, 0.2) is 0 Å². The van der Waals surface area contributed by atoms with Crippen LogP contribution in [-0.4, -0.2) is 33.6 Å². The maximum atomic E-state index is 12.2. The number of anilines is 1. The van der Waals surface area contributed by atoms with E-state index in [0.29, 0.717) is 15.2 Å². The Kier molecular flexibility index (Phi) is 4.68. The molecular weight excluding hydrogens is 390 g/mol. The van der Waals surface area contributed by atoms with Crippen LogP contribution in [0.5, 0.6) is 0 Å². The van der Waals surface area contributed by atoms with Crippen LogP contribution in [0.25, 0.3) is 0 Å². The number of hydrogen-bond donors (Lipinski definition) is 1. The third-order valence-corrected chi connectivity index (χ3v) is 7.92. The van der Waals surface area contributed by atoms with E-state index in [-0.39, 0.29) is 24.3 Å². The van der Waals surface area contributed by atoms with Crippen molar-refractivity contribution in [3.63, 3.8) is 0 Å². The van der Waals surface area contributed by atoms with Crippen LogP contribution in [0.1, 0.15) is 12.8 Å². The van der Waals surface area contributed by atoms with Crippen molar-refractivity contribution in [2.45, 2.75) is 18.1 Å². The summed E-state index contributed by atoms with van der Waals surface area (Å²) < 4.78 is 50.1. The summed E-state index contributed by atoms with van der Waals surface area (Å²) in [5.74, 6) is -0.161. The molecule has 1 aliphatic rings. The fraction of sp³-hybridized carbons (Fsp3) is 0.455. The van der Waals surface area contributed by atoms with E-state index in [1.165, 1.54) is 0 Å². The molecule has 1 heterocycles. The van der Waals surface area contributed by atoms with E-state index in [1.54, 1.807) is 18.2 Å². The van der Waals surface area contributed by atoms with Gasteiger partial charge in [0.2, 0.25) is 10.0 Å². The summed E-state index contributed by atoms with van der Waals surface area (Å²) in [6.45, 7) is 0. The lowest BCUT2D eigenvalue weighted by atomic mass is 10.2. The average molecular weight is 403 g/mol. The Morgan fingerprint density at radius 2 is 1.85 bits per heavy atom. The fourth-order valence-corrected chi connectivity index (χ4v) is 5.75. The number of rotatable bonds is 3. The van der Waals surface area contributed by atoms with E-state index in [0.717, 1.165) is 0 Å². The highest BCUT2D eigenvalue weighted by Gasteiger charge is 2.32. The molecule has 0 aromatic heterocycles. The largest absolute Gasteiger partial charge is 0.283 e. The molecule has 1 aromatic rings. The summed E-state index contributed by atoms with van der Waals surface area (Å²) in [4.78, 5) is 0. The van der Waals surface area contributed by atoms with Gasteiger partial charge in [-0.1, -0.05) is 11.6 Å². The molecule has 1 aromatic carbocycles. The minimum atomic E-state index is -3.59. The molecule has 1 fully saturated rings. The number of hydrogen-bond acceptors (Lipinski definition) is 4. The lowest BCUT2D eigenvalue weighted by Crippen LogP contribution is -2.36. The lowest BCUT2D eigenvalue weighted by Gasteiger charge is -2.22. The molecule has 1 saturated heterocycles. The molecule has 0 saturated carbocycles. The van der Waals surface area contributed by atoms with Gasteiger partial charge in [0.1, 0.15) is 9.84 Å². The second-order valence-corrected chi connectivity index (χ2v) is 10.2. The van der Waals surface area contributed by atoms with Gasteiger partial charge in [-0.05, 0) is 47.0 Å². The summed E-state index contributed by atoms with van der Waals surface area (Å²) in [7, 11) is -6.67. The Labute approximate surface area is 131 Å². The summed E-state index contributed by atoms with van der Waals surface area (Å²) in [6, 6.07) is 4.71. The minimum Gasteiger partial charge on any atom is -0.283 e. The van der Waals surface area contributed by atoms with Gasteiger partial charge in [-0.3, -0.25) is 4.72 Å². The van der Waals surface area contributed by atoms with Crippen LogP contribution in [0.15, 0.2) is 22.7 Å². The molecule has 0 radical (unpaired) electrons. The van der Waals surface area contributed by atoms with Crippen LogP contribution in [0, 0.1) is 0 Å². The first-order valence-corrected chi connectivity index (χ1v) is 10.4. The van der Waals surface area contributed by atoms with Gasteiger partial charge in [-0.2, -0.15) is 0 Å². The lowest BCUT2D eigenvalue weighted by molar-refractivity contribution is 0.555. The zero-order valence-electron chi connectivity index (χ0n) is 10.3. The van der Waals surface area contributed by atoms with Gasteiger partial charge < -0.3 is 0 Å². The highest BCUT2D eigenvalue weighted by atomic mass is 79.9. The van der Waals surface area contributed by atoms with Gasteiger partial charge in [0, 0.05) is 10.2 Å². The smallest absolute Gasteiger partial charge is 0.235 e. The highest BCUT2D eigenvalue weighted by molar-refractivity contribution is 9.10. The first-order chi connectivity index (χ1) is 9.20. The van der Waals surface area contributed by atoms with Gasteiger partial charge in [0.05, 0.1) is 21.8 Å². The van der Waals surface area contributed by atoms with Crippen LogP contribution in [0.4, 0.5) is 5.69 Å². The minimum absolute atomic E-state index is 0.0805. The van der Waals surface area contributed by atoms with Crippen molar-refractivity contribution in [2.75, 3.05) is 16.2 Å². The first-order valence-electron chi connectivity index (χ1n) is 5.87. The SMILES string of the molecule is O=S1(=O)CCC(S(=O)(=O)Nc2ccc(Cl)c(Br)c2)CC1. The van der Waals surface area contributed by atoms with Crippen molar-refractivity contribution in [3.8, 4) is 0 Å². The monoisotopic (exact) mass is 401 g/mol. The number of sulfone groups is 1. The topological polar surface area (TPSA) is 80.3 Å². The molecular formula is C11H13BrClNO4S2. The zero-order chi connectivity index (χ0) is 15.0. The molecule has 20 heavy (non-hydrogen) atoms. The molecule has 0 spiro atoms. The van der Waals surface area contributed by atoms with Crippen molar-refractivity contribution >= 4 is 53.1 Å². The van der Waals surface area contributed by atoms with Gasteiger partial charge >= 0.3 is 0 Å². The predicted molar refractivity (Wildman–Crippen MR) is 83.4 cm³/mol. The normalized spacial score (nSPS) is 19.7. The third kappa shape index (κ3) is 3.87. The number of nitrogens with one attached hydrogen (secondary N) is 1. The third-order valence-electron chi connectivity index (χ3n) is 3.12. The molecule has 5 nitrogen and oxygen atoms in total. The van der Waals surface area contributed by atoms with Gasteiger partial charge in [-0.15, -0.1) is 0 Å². The quantitative estimate of drug-likeness (QED) is 0.842. The predicted octanol–water partition coefficient (Wildman–Crippen LogP) is 2.42. The average Bonchev–Trinajstić information content (AvgIpc) is 2.33. The van der Waals surface area contributed by atoms with Gasteiger partial charge in [0.25, 0.3) is 0 Å². The number of sulfonamides is 1. The molecule has 112 valence electrons. The van der Waals surface area contributed by atoms with E-state index in [2.05, 4.69) is 20.7 Å². The summed E-state index contributed by atoms with van der Waals surface area (Å²) in [6.07, 6.45) is 0.263. The Morgan fingerprint density at radius 3 is 2.40 bits per heavy atom. The van der Waals surface area contributed by atoms with Crippen molar-refractivity contribution < 1.29 is 16.8 Å². The Morgan fingerprint density at radius 1 is 1.25 bits per heavy atom. The second-order valence-electron chi connectivity index (χ2n) is 4.63. The summed E-state index contributed by atoms with van der Waals surface area (Å²) in [5, 5.41) is -0.197. The van der Waals surface area contributed by atoms with Crippen LogP contribution in [0.3, 0.4) is 0 Å². The van der Waals surface area contributed by atoms with Crippen LogP contribution < -0.4 is 4.72 Å². The summed E-state index contributed by atoms with van der Waals surface area (Å²) in [5.41, 5.74) is 0.398. The fourth-order valence-electron chi connectivity index (χ4n) is 1.99. The first kappa shape index (κ1) is 16.1. The van der Waals surface area contributed by atoms with E-state index < -0.39 is 25.1 Å². The van der Waals surface area contributed by atoms with Crippen molar-refractivity contribution in [3.05, 3.63) is 27.7 Å². The highest BCUT2D eigenvalue weighted by Crippen LogP contribution is 2.27. The molecule has 0 unspecified atom stereocenters. The van der Waals surface area contributed by atoms with Crippen LogP contribution >= 0.6 is 27.5 Å². The molecule has 1 N–H and O–H groups in total. The maximum Gasteiger partial charge on any atom is 0.235 e. The molecule has 9 heteroatoms. The molecule has 0 bridgehead atoms. The molecule has 0 amide bonds. The van der Waals surface area contributed by atoms with E-state index in [1.807, 2.05) is 0 Å². The van der Waals surface area contributed by atoms with Crippen LogP contribution in [-0.2, 0) is 19.9 Å². The van der Waals surface area contributed by atoms with E-state index in [9.17, 15) is 16.8 Å². The molecule has 0 aliphatic carbocycles. The van der Waals surface area contributed by atoms with Crippen molar-refractivity contribution in [1.29, 1.82) is 0 Å². The summed E-state index contributed by atoms with van der Waals surface area (Å²) >= 11 is 9.06. The molecule has 2 rings (SSSR count). The number of halogens is 2. The van der Waals surface area contributed by atoms with E-state index in [4.69, 9.17) is 11.6 Å². The second kappa shape index (κ2) is 5.82. The zero-order valence-corrected chi connectivity index (χ0v) is 14.3. The maximum absolute atomic E-state index is 12.2. The van der Waals surface area contributed by atoms with Gasteiger partial charge in [-0.25, -0.2) is 16.8 Å². The molecule has 0 atom stereocenters. The van der Waals surface area contributed by atoms with Crippen molar-refractivity contribution in [1.82, 2.24) is 0 Å². The molecule has 1 aliphatic heterocycles.